The summed E-state index contributed by atoms with van der Waals surface area (Å²) in [6, 6.07) is 3.63. The van der Waals surface area contributed by atoms with Crippen molar-refractivity contribution in [3.8, 4) is 0 Å². The topological polar surface area (TPSA) is 93.3 Å². The molecule has 1 aromatic carbocycles. The molecule has 2 aromatic rings. The number of nitrogens with one attached hydrogen (secondary N) is 5. The van der Waals surface area contributed by atoms with Crippen LogP contribution in [0, 0.1) is 0 Å². The molecule has 3 heterocycles. The highest BCUT2D eigenvalue weighted by atomic mass is 19.4. The van der Waals surface area contributed by atoms with E-state index in [0.29, 0.717) is 23.0 Å². The summed E-state index contributed by atoms with van der Waals surface area (Å²) in [7, 11) is 0. The number of carbonyl (C=O) groups is 1. The number of fused-ring (bicyclic) bond motifs is 1. The minimum atomic E-state index is -4.55. The van der Waals surface area contributed by atoms with Gasteiger partial charge >= 0.3 is 6.18 Å². The van der Waals surface area contributed by atoms with Crippen LogP contribution in [-0.2, 0) is 4.79 Å². The lowest BCUT2D eigenvalue weighted by molar-refractivity contribution is -0.105. The minimum Gasteiger partial charge on any atom is -0.360 e. The number of allylic oxidation sites excluding steroid dienone is 1. The number of amides is 1. The van der Waals surface area contributed by atoms with Crippen LogP contribution in [0.25, 0.3) is 10.9 Å². The summed E-state index contributed by atoms with van der Waals surface area (Å²) in [6.45, 7) is 1.70. The summed E-state index contributed by atoms with van der Waals surface area (Å²) >= 11 is 0. The molecule has 0 radical (unpaired) electrons. The van der Waals surface area contributed by atoms with E-state index in [1.165, 1.54) is 0 Å². The SMILES string of the molecule is O=CNc1ccc2c(C3=NC(NC4CCCNC4)NC=C3C(F)(F)F)c[nH]c2c1C1CC1. The summed E-state index contributed by atoms with van der Waals surface area (Å²) in [5, 5.41) is 12.7. The van der Waals surface area contributed by atoms with Crippen LogP contribution in [0.5, 0.6) is 0 Å². The van der Waals surface area contributed by atoms with Crippen molar-refractivity contribution in [2.75, 3.05) is 18.4 Å². The van der Waals surface area contributed by atoms with Gasteiger partial charge < -0.3 is 20.9 Å². The molecule has 1 aromatic heterocycles. The monoisotopic (exact) mass is 446 g/mol. The van der Waals surface area contributed by atoms with Crippen molar-refractivity contribution in [2.24, 2.45) is 4.99 Å². The second-order valence-electron chi connectivity index (χ2n) is 8.50. The first-order chi connectivity index (χ1) is 15.5. The minimum absolute atomic E-state index is 0.0957. The van der Waals surface area contributed by atoms with E-state index in [1.54, 1.807) is 18.3 Å². The van der Waals surface area contributed by atoms with Crippen LogP contribution in [0.4, 0.5) is 18.9 Å². The van der Waals surface area contributed by atoms with E-state index in [-0.39, 0.29) is 17.7 Å². The molecule has 3 aliphatic rings. The Labute approximate surface area is 182 Å². The summed E-state index contributed by atoms with van der Waals surface area (Å²) in [5.74, 6) is 0.286. The smallest absolute Gasteiger partial charge is 0.360 e. The van der Waals surface area contributed by atoms with E-state index in [4.69, 9.17) is 0 Å². The van der Waals surface area contributed by atoms with E-state index in [2.05, 4.69) is 31.2 Å². The highest BCUT2D eigenvalue weighted by Crippen LogP contribution is 2.47. The number of hydrogen-bond acceptors (Lipinski definition) is 5. The molecule has 2 aliphatic heterocycles. The third-order valence-electron chi connectivity index (χ3n) is 6.25. The number of hydrogen-bond donors (Lipinski definition) is 5. The third-order valence-corrected chi connectivity index (χ3v) is 6.25. The fourth-order valence-electron chi connectivity index (χ4n) is 4.60. The molecule has 2 atom stereocenters. The van der Waals surface area contributed by atoms with Crippen LogP contribution < -0.4 is 21.3 Å². The van der Waals surface area contributed by atoms with E-state index < -0.39 is 18.0 Å². The molecule has 1 aliphatic carbocycles. The zero-order chi connectivity index (χ0) is 22.3. The average molecular weight is 446 g/mol. The van der Waals surface area contributed by atoms with Gasteiger partial charge in [0.2, 0.25) is 6.41 Å². The van der Waals surface area contributed by atoms with Crippen LogP contribution in [0.15, 0.2) is 35.1 Å². The fraction of sp³-hybridized carbons (Fsp3) is 0.455. The van der Waals surface area contributed by atoms with Gasteiger partial charge in [-0.3, -0.25) is 10.1 Å². The van der Waals surface area contributed by atoms with Crippen molar-refractivity contribution >= 4 is 28.7 Å². The van der Waals surface area contributed by atoms with Crippen molar-refractivity contribution < 1.29 is 18.0 Å². The van der Waals surface area contributed by atoms with Gasteiger partial charge in [0, 0.05) is 47.2 Å². The Morgan fingerprint density at radius 3 is 2.72 bits per heavy atom. The van der Waals surface area contributed by atoms with Gasteiger partial charge in [-0.2, -0.15) is 13.2 Å². The van der Waals surface area contributed by atoms with Crippen LogP contribution in [0.1, 0.15) is 42.7 Å². The number of nitrogens with zero attached hydrogens (tertiary/aromatic N) is 1. The van der Waals surface area contributed by atoms with Gasteiger partial charge in [-0.25, -0.2) is 4.99 Å². The Morgan fingerprint density at radius 1 is 1.19 bits per heavy atom. The second-order valence-corrected chi connectivity index (χ2v) is 8.50. The Balaban J connectivity index is 1.55. The highest BCUT2D eigenvalue weighted by molar-refractivity contribution is 6.20. The van der Waals surface area contributed by atoms with Gasteiger partial charge in [0.1, 0.15) is 0 Å². The lowest BCUT2D eigenvalue weighted by Gasteiger charge is -2.30. The number of aromatic nitrogens is 1. The molecule has 0 bridgehead atoms. The quantitative estimate of drug-likeness (QED) is 0.441. The molecule has 10 heteroatoms. The molecule has 2 unspecified atom stereocenters. The lowest BCUT2D eigenvalue weighted by atomic mass is 9.97. The zero-order valence-corrected chi connectivity index (χ0v) is 17.4. The molecular formula is C22H25F3N6O. The molecule has 1 saturated carbocycles. The maximum absolute atomic E-state index is 13.9. The zero-order valence-electron chi connectivity index (χ0n) is 17.4. The van der Waals surface area contributed by atoms with E-state index in [1.807, 2.05) is 0 Å². The first-order valence-corrected chi connectivity index (χ1v) is 10.9. The van der Waals surface area contributed by atoms with Crippen molar-refractivity contribution in [3.63, 3.8) is 0 Å². The fourth-order valence-corrected chi connectivity index (χ4v) is 4.60. The molecular weight excluding hydrogens is 421 g/mol. The van der Waals surface area contributed by atoms with Crippen molar-refractivity contribution in [3.05, 3.63) is 41.2 Å². The van der Waals surface area contributed by atoms with Crippen molar-refractivity contribution in [2.45, 2.75) is 50.1 Å². The number of benzene rings is 1. The van der Waals surface area contributed by atoms with Gasteiger partial charge in [0.05, 0.1) is 16.8 Å². The van der Waals surface area contributed by atoms with Crippen LogP contribution in [0.2, 0.25) is 0 Å². The number of piperidine rings is 1. The van der Waals surface area contributed by atoms with E-state index in [9.17, 15) is 18.0 Å². The molecule has 7 nitrogen and oxygen atoms in total. The number of alkyl halides is 3. The number of carbonyl (C=O) groups excluding carboxylic acids is 1. The van der Waals surface area contributed by atoms with Crippen LogP contribution >= 0.6 is 0 Å². The molecule has 1 saturated heterocycles. The number of aliphatic imine (C=N–C) groups is 1. The molecule has 2 fully saturated rings. The Kier molecular flexibility index (Phi) is 5.42. The van der Waals surface area contributed by atoms with Gasteiger partial charge in [-0.05, 0) is 44.2 Å². The Hall–Kier alpha value is -2.85. The normalized spacial score (nSPS) is 24.0. The molecule has 5 rings (SSSR count). The molecule has 1 amide bonds. The predicted molar refractivity (Wildman–Crippen MR) is 117 cm³/mol. The molecule has 0 spiro atoms. The number of anilines is 1. The maximum Gasteiger partial charge on any atom is 0.419 e. The standard InChI is InChI=1S/C22H25F3N6O/c23-22(24,25)16-10-28-21(30-13-2-1-7-26-8-13)31-19(16)15-9-27-20-14(15)5-6-17(29-11-32)18(20)12-3-4-12/h5-6,9-13,21,26-28,30H,1-4,7-8H2,(H,29,32). The molecule has 170 valence electrons. The van der Waals surface area contributed by atoms with Crippen LogP contribution in [0.3, 0.4) is 0 Å². The average Bonchev–Trinajstić information content (AvgIpc) is 3.52. The summed E-state index contributed by atoms with van der Waals surface area (Å²) in [6.07, 6.45) is 1.94. The van der Waals surface area contributed by atoms with Crippen LogP contribution in [-0.4, -0.2) is 48.7 Å². The summed E-state index contributed by atoms with van der Waals surface area (Å²) in [5.41, 5.74) is 1.88. The first-order valence-electron chi connectivity index (χ1n) is 10.9. The predicted octanol–water partition coefficient (Wildman–Crippen LogP) is 3.08. The second kappa shape index (κ2) is 8.25. The van der Waals surface area contributed by atoms with E-state index >= 15 is 0 Å². The van der Waals surface area contributed by atoms with Gasteiger partial charge in [-0.15, -0.1) is 0 Å². The van der Waals surface area contributed by atoms with Crippen molar-refractivity contribution in [1.29, 1.82) is 0 Å². The number of H-pyrrole nitrogens is 1. The maximum atomic E-state index is 13.9. The number of halogens is 3. The Morgan fingerprint density at radius 2 is 2.03 bits per heavy atom. The third kappa shape index (κ3) is 4.00. The van der Waals surface area contributed by atoms with Gasteiger partial charge in [-0.1, -0.05) is 6.07 Å². The number of aromatic amines is 1. The summed E-state index contributed by atoms with van der Waals surface area (Å²) < 4.78 is 41.6. The largest absolute Gasteiger partial charge is 0.419 e. The Bertz CT molecular complexity index is 1080. The first kappa shape index (κ1) is 21.0. The lowest BCUT2D eigenvalue weighted by Crippen LogP contribution is -2.52. The van der Waals surface area contributed by atoms with Crippen molar-refractivity contribution in [1.82, 2.24) is 20.9 Å². The molecule has 32 heavy (non-hydrogen) atoms. The van der Waals surface area contributed by atoms with Gasteiger partial charge in [0.15, 0.2) is 6.29 Å². The molecule has 5 N–H and O–H groups in total. The number of rotatable bonds is 6. The highest BCUT2D eigenvalue weighted by Gasteiger charge is 2.41. The summed E-state index contributed by atoms with van der Waals surface area (Å²) in [4.78, 5) is 18.6. The van der Waals surface area contributed by atoms with Gasteiger partial charge in [0.25, 0.3) is 0 Å². The van der Waals surface area contributed by atoms with E-state index in [0.717, 1.165) is 56.1 Å².